The van der Waals surface area contributed by atoms with Gasteiger partial charge in [0.25, 0.3) is 0 Å². The van der Waals surface area contributed by atoms with Crippen LogP contribution in [0.25, 0.3) is 0 Å². The summed E-state index contributed by atoms with van der Waals surface area (Å²) in [6, 6.07) is 6.02. The molecule has 1 unspecified atom stereocenters. The number of anilines is 1. The summed E-state index contributed by atoms with van der Waals surface area (Å²) >= 11 is 0. The highest BCUT2D eigenvalue weighted by Gasteiger charge is 2.30. The number of hydrogen-bond donors (Lipinski definition) is 2. The van der Waals surface area contributed by atoms with E-state index in [0.717, 1.165) is 61.9 Å². The number of rotatable bonds is 5. The van der Waals surface area contributed by atoms with E-state index >= 15 is 0 Å². The second kappa shape index (κ2) is 8.67. The first-order chi connectivity index (χ1) is 12.5. The fraction of sp³-hybridized carbons (Fsp3) is 0.619. The van der Waals surface area contributed by atoms with Crippen molar-refractivity contribution in [3.05, 3.63) is 29.3 Å². The van der Waals surface area contributed by atoms with E-state index in [1.807, 2.05) is 32.0 Å². The van der Waals surface area contributed by atoms with E-state index in [1.54, 1.807) is 0 Å². The zero-order valence-electron chi connectivity index (χ0n) is 15.8. The molecule has 2 amide bonds. The maximum Gasteiger partial charge on any atom is 0.227 e. The molecule has 0 spiro atoms. The molecule has 2 fully saturated rings. The number of aryl methyl sites for hydroxylation is 2. The van der Waals surface area contributed by atoms with Crippen LogP contribution >= 0.6 is 0 Å². The van der Waals surface area contributed by atoms with E-state index in [2.05, 4.69) is 10.6 Å². The minimum atomic E-state index is -0.00350. The van der Waals surface area contributed by atoms with Crippen molar-refractivity contribution in [1.82, 2.24) is 5.32 Å². The quantitative estimate of drug-likeness (QED) is 0.848. The first-order valence-electron chi connectivity index (χ1n) is 9.81. The normalized spacial score (nSPS) is 25.7. The number of ether oxygens (including phenoxy) is 1. The molecule has 0 aromatic heterocycles. The predicted octanol–water partition coefficient (Wildman–Crippen LogP) is 3.34. The molecule has 5 heteroatoms. The molecule has 26 heavy (non-hydrogen) atoms. The van der Waals surface area contributed by atoms with Gasteiger partial charge < -0.3 is 15.4 Å². The highest BCUT2D eigenvalue weighted by Crippen LogP contribution is 2.30. The molecule has 1 aromatic carbocycles. The van der Waals surface area contributed by atoms with Gasteiger partial charge in [-0.15, -0.1) is 0 Å². The number of para-hydroxylation sites is 1. The Balaban J connectivity index is 1.45. The summed E-state index contributed by atoms with van der Waals surface area (Å²) < 4.78 is 5.55. The standard InChI is InChI=1S/C21H30N2O3/c1-14-5-3-6-15(2)19(14)23-21(25)17-10-8-16(9-11-17)20(24)22-13-18-7-4-12-26-18/h3,5-6,16-18H,4,7-13H2,1-2H3,(H,22,24)(H,23,25). The first kappa shape index (κ1) is 18.9. The predicted molar refractivity (Wildman–Crippen MR) is 102 cm³/mol. The fourth-order valence-corrected chi connectivity index (χ4v) is 4.02. The molecular formula is C21H30N2O3. The van der Waals surface area contributed by atoms with Gasteiger partial charge in [-0.25, -0.2) is 0 Å². The molecule has 1 saturated carbocycles. The lowest BCUT2D eigenvalue weighted by Crippen LogP contribution is -2.38. The summed E-state index contributed by atoms with van der Waals surface area (Å²) in [5, 5.41) is 6.13. The molecule has 1 heterocycles. The lowest BCUT2D eigenvalue weighted by molar-refractivity contribution is -0.128. The minimum Gasteiger partial charge on any atom is -0.376 e. The molecule has 5 nitrogen and oxygen atoms in total. The summed E-state index contributed by atoms with van der Waals surface area (Å²) in [7, 11) is 0. The van der Waals surface area contributed by atoms with Crippen LogP contribution in [0, 0.1) is 25.7 Å². The molecule has 1 saturated heterocycles. The number of benzene rings is 1. The molecule has 1 atom stereocenters. The van der Waals surface area contributed by atoms with E-state index in [-0.39, 0.29) is 29.8 Å². The Kier molecular flexibility index (Phi) is 6.30. The van der Waals surface area contributed by atoms with E-state index in [9.17, 15) is 9.59 Å². The molecule has 0 bridgehead atoms. The Morgan fingerprint density at radius 1 is 1.00 bits per heavy atom. The van der Waals surface area contributed by atoms with Crippen LogP contribution in [0.2, 0.25) is 0 Å². The SMILES string of the molecule is Cc1cccc(C)c1NC(=O)C1CCC(C(=O)NCC2CCCO2)CC1. The van der Waals surface area contributed by atoms with Gasteiger partial charge in [-0.05, 0) is 63.5 Å². The van der Waals surface area contributed by atoms with E-state index in [0.29, 0.717) is 6.54 Å². The summed E-state index contributed by atoms with van der Waals surface area (Å²) in [6.45, 7) is 5.45. The number of amides is 2. The van der Waals surface area contributed by atoms with Gasteiger partial charge in [0.15, 0.2) is 0 Å². The Morgan fingerprint density at radius 2 is 1.62 bits per heavy atom. The average Bonchev–Trinajstić information content (AvgIpc) is 3.16. The smallest absolute Gasteiger partial charge is 0.227 e. The Bertz CT molecular complexity index is 624. The summed E-state index contributed by atoms with van der Waals surface area (Å²) in [6.07, 6.45) is 5.40. The van der Waals surface area contributed by atoms with Crippen LogP contribution < -0.4 is 10.6 Å². The van der Waals surface area contributed by atoms with Crippen molar-refractivity contribution >= 4 is 17.5 Å². The van der Waals surface area contributed by atoms with Crippen LogP contribution in [-0.4, -0.2) is 31.1 Å². The van der Waals surface area contributed by atoms with Gasteiger partial charge in [-0.1, -0.05) is 18.2 Å². The second-order valence-electron chi connectivity index (χ2n) is 7.68. The van der Waals surface area contributed by atoms with Crippen molar-refractivity contribution in [2.24, 2.45) is 11.8 Å². The summed E-state index contributed by atoms with van der Waals surface area (Å²) in [4.78, 5) is 25.0. The van der Waals surface area contributed by atoms with E-state index in [1.165, 1.54) is 0 Å². The van der Waals surface area contributed by atoms with Crippen LogP contribution in [0.5, 0.6) is 0 Å². The third-order valence-electron chi connectivity index (χ3n) is 5.73. The van der Waals surface area contributed by atoms with Crippen molar-refractivity contribution in [2.75, 3.05) is 18.5 Å². The number of nitrogens with one attached hydrogen (secondary N) is 2. The summed E-state index contributed by atoms with van der Waals surface area (Å²) in [5.41, 5.74) is 3.09. The Labute approximate surface area is 155 Å². The molecule has 1 aliphatic carbocycles. The maximum atomic E-state index is 12.6. The minimum absolute atomic E-state index is 0.00350. The topological polar surface area (TPSA) is 67.4 Å². The van der Waals surface area contributed by atoms with Crippen LogP contribution in [0.3, 0.4) is 0 Å². The van der Waals surface area contributed by atoms with Crippen LogP contribution in [0.4, 0.5) is 5.69 Å². The van der Waals surface area contributed by atoms with Crippen LogP contribution in [0.1, 0.15) is 49.7 Å². The van der Waals surface area contributed by atoms with E-state index in [4.69, 9.17) is 4.74 Å². The number of carbonyl (C=O) groups excluding carboxylic acids is 2. The summed E-state index contributed by atoms with van der Waals surface area (Å²) in [5.74, 6) is 0.228. The van der Waals surface area contributed by atoms with Crippen molar-refractivity contribution < 1.29 is 14.3 Å². The first-order valence-corrected chi connectivity index (χ1v) is 9.81. The molecule has 2 N–H and O–H groups in total. The van der Waals surface area contributed by atoms with Gasteiger partial charge in [0.05, 0.1) is 6.10 Å². The fourth-order valence-electron chi connectivity index (χ4n) is 4.02. The Hall–Kier alpha value is -1.88. The van der Waals surface area contributed by atoms with Crippen molar-refractivity contribution in [3.63, 3.8) is 0 Å². The van der Waals surface area contributed by atoms with Gasteiger partial charge in [-0.3, -0.25) is 9.59 Å². The third-order valence-corrected chi connectivity index (χ3v) is 5.73. The largest absolute Gasteiger partial charge is 0.376 e. The number of carbonyl (C=O) groups is 2. The molecule has 0 radical (unpaired) electrons. The highest BCUT2D eigenvalue weighted by atomic mass is 16.5. The molecule has 1 aromatic rings. The van der Waals surface area contributed by atoms with Crippen molar-refractivity contribution in [2.45, 2.75) is 58.5 Å². The lowest BCUT2D eigenvalue weighted by atomic mass is 9.81. The molecule has 142 valence electrons. The number of hydrogen-bond acceptors (Lipinski definition) is 3. The van der Waals surface area contributed by atoms with Gasteiger partial charge in [0.2, 0.25) is 11.8 Å². The highest BCUT2D eigenvalue weighted by molar-refractivity contribution is 5.94. The van der Waals surface area contributed by atoms with Gasteiger partial charge in [0.1, 0.15) is 0 Å². The lowest BCUT2D eigenvalue weighted by Gasteiger charge is -2.27. The molecular weight excluding hydrogens is 328 g/mol. The zero-order chi connectivity index (χ0) is 18.5. The van der Waals surface area contributed by atoms with Gasteiger partial charge >= 0.3 is 0 Å². The Morgan fingerprint density at radius 3 is 2.19 bits per heavy atom. The average molecular weight is 358 g/mol. The molecule has 2 aliphatic rings. The zero-order valence-corrected chi connectivity index (χ0v) is 15.8. The molecule has 1 aliphatic heterocycles. The second-order valence-corrected chi connectivity index (χ2v) is 7.68. The van der Waals surface area contributed by atoms with Gasteiger partial charge in [0, 0.05) is 30.7 Å². The third kappa shape index (κ3) is 4.64. The molecule has 3 rings (SSSR count). The van der Waals surface area contributed by atoms with Gasteiger partial charge in [-0.2, -0.15) is 0 Å². The van der Waals surface area contributed by atoms with Crippen molar-refractivity contribution in [1.29, 1.82) is 0 Å². The van der Waals surface area contributed by atoms with E-state index < -0.39 is 0 Å². The maximum absolute atomic E-state index is 12.6. The van der Waals surface area contributed by atoms with Crippen LogP contribution in [-0.2, 0) is 14.3 Å². The van der Waals surface area contributed by atoms with Crippen LogP contribution in [0.15, 0.2) is 18.2 Å². The monoisotopic (exact) mass is 358 g/mol. The van der Waals surface area contributed by atoms with Crippen molar-refractivity contribution in [3.8, 4) is 0 Å².